The molecule has 17 heavy (non-hydrogen) atoms. The van der Waals surface area contributed by atoms with Crippen LogP contribution in [0.5, 0.6) is 0 Å². The van der Waals surface area contributed by atoms with E-state index in [2.05, 4.69) is 10.7 Å². The lowest BCUT2D eigenvalue weighted by Crippen LogP contribution is -2.52. The first-order valence-corrected chi connectivity index (χ1v) is 6.89. The molecule has 96 valence electrons. The van der Waals surface area contributed by atoms with Gasteiger partial charge in [0.05, 0.1) is 6.54 Å². The molecule has 4 aliphatic carbocycles. The molecule has 0 unspecified atom stereocenters. The van der Waals surface area contributed by atoms with Crippen LogP contribution < -0.4 is 16.6 Å². The van der Waals surface area contributed by atoms with E-state index in [0.717, 1.165) is 24.3 Å². The quantitative estimate of drug-likeness (QED) is 0.500. The van der Waals surface area contributed by atoms with Crippen LogP contribution in [0.1, 0.15) is 38.5 Å². The Morgan fingerprint density at radius 3 is 2.12 bits per heavy atom. The summed E-state index contributed by atoms with van der Waals surface area (Å²) < 4.78 is 0. The maximum Gasteiger partial charge on any atom is 0.235 e. The molecule has 4 rings (SSSR count). The average Bonchev–Trinajstić information content (AvgIpc) is 2.25. The molecule has 4 nitrogen and oxygen atoms in total. The predicted molar refractivity (Wildman–Crippen MR) is 65.8 cm³/mol. The van der Waals surface area contributed by atoms with Gasteiger partial charge in [0.25, 0.3) is 0 Å². The molecular formula is C13H23N3O. The molecule has 4 bridgehead atoms. The van der Waals surface area contributed by atoms with E-state index in [1.54, 1.807) is 0 Å². The fraction of sp³-hybridized carbons (Fsp3) is 0.923. The molecule has 0 spiro atoms. The standard InChI is InChI=1S/C13H23N3O/c14-16-7-12(17)15-8-13-4-9-1-10(5-13)3-11(2-9)6-13/h9-11,16H,1-8,14H2,(H,15,17). The number of nitrogens with one attached hydrogen (secondary N) is 2. The van der Waals surface area contributed by atoms with Gasteiger partial charge in [-0.1, -0.05) is 0 Å². The Balaban J connectivity index is 1.60. The Morgan fingerprint density at radius 2 is 1.65 bits per heavy atom. The minimum Gasteiger partial charge on any atom is -0.354 e. The van der Waals surface area contributed by atoms with Crippen molar-refractivity contribution >= 4 is 5.91 Å². The third-order valence-corrected chi connectivity index (χ3v) is 5.09. The van der Waals surface area contributed by atoms with E-state index in [0.29, 0.717) is 5.41 Å². The lowest BCUT2D eigenvalue weighted by atomic mass is 9.49. The monoisotopic (exact) mass is 237 g/mol. The zero-order valence-corrected chi connectivity index (χ0v) is 10.4. The van der Waals surface area contributed by atoms with E-state index in [1.807, 2.05) is 0 Å². The van der Waals surface area contributed by atoms with Crippen molar-refractivity contribution in [1.82, 2.24) is 10.7 Å². The molecular weight excluding hydrogens is 214 g/mol. The Hall–Kier alpha value is -0.610. The van der Waals surface area contributed by atoms with Crippen molar-refractivity contribution in [3.05, 3.63) is 0 Å². The van der Waals surface area contributed by atoms with Crippen LogP contribution in [-0.2, 0) is 4.79 Å². The van der Waals surface area contributed by atoms with Gasteiger partial charge in [0.2, 0.25) is 5.91 Å². The first-order chi connectivity index (χ1) is 8.19. The van der Waals surface area contributed by atoms with Crippen LogP contribution in [0.15, 0.2) is 0 Å². The highest BCUT2D eigenvalue weighted by Gasteiger charge is 2.50. The van der Waals surface area contributed by atoms with Gasteiger partial charge in [0.1, 0.15) is 0 Å². The van der Waals surface area contributed by atoms with Crippen LogP contribution in [0, 0.1) is 23.2 Å². The number of nitrogens with two attached hydrogens (primary N) is 1. The lowest BCUT2D eigenvalue weighted by molar-refractivity contribution is -0.122. The van der Waals surface area contributed by atoms with Crippen molar-refractivity contribution in [3.8, 4) is 0 Å². The second kappa shape index (κ2) is 4.25. The van der Waals surface area contributed by atoms with Crippen molar-refractivity contribution < 1.29 is 4.79 Å². The first-order valence-electron chi connectivity index (χ1n) is 6.89. The summed E-state index contributed by atoms with van der Waals surface area (Å²) in [7, 11) is 0. The van der Waals surface area contributed by atoms with Crippen LogP contribution in [0.2, 0.25) is 0 Å². The number of hydrogen-bond acceptors (Lipinski definition) is 3. The van der Waals surface area contributed by atoms with Crippen molar-refractivity contribution in [2.24, 2.45) is 29.0 Å². The molecule has 4 N–H and O–H groups in total. The van der Waals surface area contributed by atoms with E-state index in [1.165, 1.54) is 38.5 Å². The molecule has 1 amide bonds. The van der Waals surface area contributed by atoms with Crippen LogP contribution in [-0.4, -0.2) is 19.0 Å². The van der Waals surface area contributed by atoms with Gasteiger partial charge < -0.3 is 5.32 Å². The summed E-state index contributed by atoms with van der Waals surface area (Å²) in [6.45, 7) is 1.10. The molecule has 0 aromatic heterocycles. The normalized spacial score (nSPS) is 42.8. The average molecular weight is 237 g/mol. The number of carbonyl (C=O) groups excluding carboxylic acids is 1. The number of carbonyl (C=O) groups is 1. The highest BCUT2D eigenvalue weighted by molar-refractivity contribution is 5.77. The zero-order chi connectivity index (χ0) is 11.9. The Labute approximate surface area is 103 Å². The summed E-state index contributed by atoms with van der Waals surface area (Å²) in [5.74, 6) is 8.04. The van der Waals surface area contributed by atoms with Gasteiger partial charge in [-0.3, -0.25) is 16.1 Å². The molecule has 4 fully saturated rings. The summed E-state index contributed by atoms with van der Waals surface area (Å²) in [5, 5.41) is 3.06. The maximum absolute atomic E-state index is 11.5. The zero-order valence-electron chi connectivity index (χ0n) is 10.4. The van der Waals surface area contributed by atoms with Crippen LogP contribution in [0.4, 0.5) is 0 Å². The fourth-order valence-electron chi connectivity index (χ4n) is 4.95. The number of hydrazine groups is 1. The first kappa shape index (κ1) is 11.5. The summed E-state index contributed by atoms with van der Waals surface area (Å²) in [6.07, 6.45) is 8.40. The number of hydrogen-bond donors (Lipinski definition) is 3. The Kier molecular flexibility index (Phi) is 2.87. The molecule has 0 saturated heterocycles. The minimum absolute atomic E-state index is 0.0308. The van der Waals surface area contributed by atoms with E-state index in [9.17, 15) is 4.79 Å². The van der Waals surface area contributed by atoms with Crippen molar-refractivity contribution in [3.63, 3.8) is 0 Å². The predicted octanol–water partition coefficient (Wildman–Crippen LogP) is 0.782. The van der Waals surface area contributed by atoms with E-state index in [4.69, 9.17) is 5.84 Å². The fourth-order valence-corrected chi connectivity index (χ4v) is 4.95. The van der Waals surface area contributed by atoms with Gasteiger partial charge in [-0.15, -0.1) is 0 Å². The highest BCUT2D eigenvalue weighted by atomic mass is 16.2. The number of rotatable bonds is 4. The van der Waals surface area contributed by atoms with E-state index >= 15 is 0 Å². The molecule has 4 heteroatoms. The molecule has 0 aliphatic heterocycles. The molecule has 0 heterocycles. The molecule has 0 radical (unpaired) electrons. The highest BCUT2D eigenvalue weighted by Crippen LogP contribution is 2.59. The van der Waals surface area contributed by atoms with Crippen molar-refractivity contribution in [2.75, 3.05) is 13.1 Å². The third-order valence-electron chi connectivity index (χ3n) is 5.09. The van der Waals surface area contributed by atoms with Gasteiger partial charge in [0.15, 0.2) is 0 Å². The van der Waals surface area contributed by atoms with Gasteiger partial charge in [-0.2, -0.15) is 0 Å². The van der Waals surface area contributed by atoms with E-state index < -0.39 is 0 Å². The summed E-state index contributed by atoms with van der Waals surface area (Å²) in [4.78, 5) is 11.5. The largest absolute Gasteiger partial charge is 0.354 e. The van der Waals surface area contributed by atoms with Crippen LogP contribution >= 0.6 is 0 Å². The summed E-state index contributed by atoms with van der Waals surface area (Å²) >= 11 is 0. The summed E-state index contributed by atoms with van der Waals surface area (Å²) in [5.41, 5.74) is 2.84. The van der Waals surface area contributed by atoms with Gasteiger partial charge in [-0.25, -0.2) is 0 Å². The molecule has 4 saturated carbocycles. The van der Waals surface area contributed by atoms with Gasteiger partial charge in [-0.05, 0) is 61.7 Å². The second-order valence-electron chi connectivity index (χ2n) is 6.58. The third kappa shape index (κ3) is 2.20. The van der Waals surface area contributed by atoms with Gasteiger partial charge >= 0.3 is 0 Å². The Bertz CT molecular complexity index is 281. The van der Waals surface area contributed by atoms with Crippen LogP contribution in [0.3, 0.4) is 0 Å². The maximum atomic E-state index is 11.5. The molecule has 0 atom stereocenters. The lowest BCUT2D eigenvalue weighted by Gasteiger charge is -2.56. The van der Waals surface area contributed by atoms with Crippen molar-refractivity contribution in [2.45, 2.75) is 38.5 Å². The minimum atomic E-state index is 0.0308. The van der Waals surface area contributed by atoms with Gasteiger partial charge in [0, 0.05) is 6.54 Å². The molecule has 0 aromatic rings. The van der Waals surface area contributed by atoms with Crippen LogP contribution in [0.25, 0.3) is 0 Å². The second-order valence-corrected chi connectivity index (χ2v) is 6.58. The number of amides is 1. The molecule has 4 aliphatic rings. The summed E-state index contributed by atoms with van der Waals surface area (Å²) in [6, 6.07) is 0. The Morgan fingerprint density at radius 1 is 1.12 bits per heavy atom. The van der Waals surface area contributed by atoms with E-state index in [-0.39, 0.29) is 12.5 Å². The molecule has 0 aromatic carbocycles. The SMILES string of the molecule is NNCC(=O)NCC12CC3CC(CC(C3)C1)C2. The topological polar surface area (TPSA) is 67.1 Å². The van der Waals surface area contributed by atoms with Crippen molar-refractivity contribution in [1.29, 1.82) is 0 Å². The smallest absolute Gasteiger partial charge is 0.235 e.